The standard InChI is InChI=1S/C27H27NO3/c1-27(2)14-20-24-18-8-6-5-7-16(18)9-12-21(24)28-26(25(20)22(29)15-27)19-11-10-17(30-3)13-23(19)31-4/h5-13,26,28H,14-15H2,1-4H3. The molecule has 4 heteroatoms. The topological polar surface area (TPSA) is 47.6 Å². The van der Waals surface area contributed by atoms with Crippen LogP contribution in [0.2, 0.25) is 0 Å². The van der Waals surface area contributed by atoms with Crippen molar-refractivity contribution >= 4 is 27.8 Å². The number of ether oxygens (including phenoxy) is 2. The van der Waals surface area contributed by atoms with Crippen molar-refractivity contribution in [2.45, 2.75) is 32.7 Å². The molecule has 0 saturated heterocycles. The molecule has 31 heavy (non-hydrogen) atoms. The third kappa shape index (κ3) is 3.18. The zero-order valence-corrected chi connectivity index (χ0v) is 18.4. The molecule has 1 aliphatic carbocycles. The lowest BCUT2D eigenvalue weighted by molar-refractivity contribution is -0.118. The molecule has 0 spiro atoms. The molecule has 4 nitrogen and oxygen atoms in total. The van der Waals surface area contributed by atoms with Crippen LogP contribution >= 0.6 is 0 Å². The lowest BCUT2D eigenvalue weighted by Crippen LogP contribution is -2.33. The van der Waals surface area contributed by atoms with Crippen molar-refractivity contribution in [3.8, 4) is 11.5 Å². The Morgan fingerprint density at radius 3 is 2.55 bits per heavy atom. The predicted octanol–water partition coefficient (Wildman–Crippen LogP) is 6.17. The molecule has 0 aromatic heterocycles. The first kappa shape index (κ1) is 19.7. The Labute approximate surface area is 182 Å². The molecular weight excluding hydrogens is 386 g/mol. The molecule has 0 bridgehead atoms. The number of fused-ring (bicyclic) bond motifs is 4. The fourth-order valence-electron chi connectivity index (χ4n) is 5.13. The van der Waals surface area contributed by atoms with E-state index < -0.39 is 0 Å². The highest BCUT2D eigenvalue weighted by Crippen LogP contribution is 2.53. The third-order valence-corrected chi connectivity index (χ3v) is 6.49. The van der Waals surface area contributed by atoms with Crippen LogP contribution in [0.5, 0.6) is 11.5 Å². The van der Waals surface area contributed by atoms with Gasteiger partial charge in [-0.3, -0.25) is 4.79 Å². The number of allylic oxidation sites excluding steroid dienone is 1. The van der Waals surface area contributed by atoms with Crippen LogP contribution < -0.4 is 14.8 Å². The fourth-order valence-corrected chi connectivity index (χ4v) is 5.13. The van der Waals surface area contributed by atoms with Crippen molar-refractivity contribution in [3.05, 3.63) is 71.3 Å². The number of carbonyl (C=O) groups excluding carboxylic acids is 1. The minimum Gasteiger partial charge on any atom is -0.497 e. The Hall–Kier alpha value is -3.27. The van der Waals surface area contributed by atoms with Gasteiger partial charge < -0.3 is 14.8 Å². The SMILES string of the molecule is COc1ccc(C2Nc3ccc4ccccc4c3C3=C2C(=O)CC(C)(C)C3)c(OC)c1. The van der Waals surface area contributed by atoms with Crippen LogP contribution in [0, 0.1) is 5.41 Å². The van der Waals surface area contributed by atoms with Crippen LogP contribution in [0.25, 0.3) is 16.3 Å². The summed E-state index contributed by atoms with van der Waals surface area (Å²) in [5.74, 6) is 1.65. The van der Waals surface area contributed by atoms with E-state index in [4.69, 9.17) is 9.47 Å². The molecule has 1 atom stereocenters. The predicted molar refractivity (Wildman–Crippen MR) is 125 cm³/mol. The Balaban J connectivity index is 1.78. The molecule has 1 N–H and O–H groups in total. The average Bonchev–Trinajstić information content (AvgIpc) is 2.76. The summed E-state index contributed by atoms with van der Waals surface area (Å²) in [6.07, 6.45) is 1.41. The lowest BCUT2D eigenvalue weighted by atomic mass is 9.68. The van der Waals surface area contributed by atoms with Gasteiger partial charge in [0.15, 0.2) is 5.78 Å². The minimum atomic E-state index is -0.256. The van der Waals surface area contributed by atoms with E-state index >= 15 is 0 Å². The molecule has 1 aliphatic heterocycles. The van der Waals surface area contributed by atoms with Crippen molar-refractivity contribution in [3.63, 3.8) is 0 Å². The van der Waals surface area contributed by atoms with Gasteiger partial charge in [-0.1, -0.05) is 44.2 Å². The first-order chi connectivity index (χ1) is 14.9. The van der Waals surface area contributed by atoms with Crippen LogP contribution in [0.4, 0.5) is 5.69 Å². The largest absolute Gasteiger partial charge is 0.497 e. The van der Waals surface area contributed by atoms with Gasteiger partial charge in [-0.2, -0.15) is 0 Å². The molecular formula is C27H27NO3. The van der Waals surface area contributed by atoms with Gasteiger partial charge in [0.05, 0.1) is 20.3 Å². The summed E-state index contributed by atoms with van der Waals surface area (Å²) >= 11 is 0. The maximum absolute atomic E-state index is 13.5. The quantitative estimate of drug-likeness (QED) is 0.558. The van der Waals surface area contributed by atoms with E-state index in [0.29, 0.717) is 12.2 Å². The van der Waals surface area contributed by atoms with Crippen molar-refractivity contribution in [1.82, 2.24) is 0 Å². The Morgan fingerprint density at radius 2 is 1.77 bits per heavy atom. The summed E-state index contributed by atoms with van der Waals surface area (Å²) in [5.41, 5.74) is 5.13. The highest BCUT2D eigenvalue weighted by atomic mass is 16.5. The Kier molecular flexibility index (Phi) is 4.54. The average molecular weight is 414 g/mol. The molecule has 0 saturated carbocycles. The van der Waals surface area contributed by atoms with Crippen LogP contribution in [0.15, 0.2) is 60.2 Å². The van der Waals surface area contributed by atoms with Gasteiger partial charge >= 0.3 is 0 Å². The maximum atomic E-state index is 13.5. The van der Waals surface area contributed by atoms with E-state index in [-0.39, 0.29) is 17.2 Å². The Bertz CT molecular complexity index is 1240. The number of hydrogen-bond acceptors (Lipinski definition) is 4. The van der Waals surface area contributed by atoms with Gasteiger partial charge in [0.1, 0.15) is 11.5 Å². The lowest BCUT2D eigenvalue weighted by Gasteiger charge is -2.40. The number of anilines is 1. The van der Waals surface area contributed by atoms with Crippen molar-refractivity contribution in [1.29, 1.82) is 0 Å². The zero-order chi connectivity index (χ0) is 21.8. The number of hydrogen-bond donors (Lipinski definition) is 1. The van der Waals surface area contributed by atoms with Gasteiger partial charge in [0.2, 0.25) is 0 Å². The molecule has 3 aromatic rings. The van der Waals surface area contributed by atoms with E-state index in [2.05, 4.69) is 55.6 Å². The first-order valence-corrected chi connectivity index (χ1v) is 10.7. The number of methoxy groups -OCH3 is 2. The number of carbonyl (C=O) groups is 1. The summed E-state index contributed by atoms with van der Waals surface area (Å²) < 4.78 is 11.1. The number of benzene rings is 3. The van der Waals surface area contributed by atoms with Crippen molar-refractivity contribution < 1.29 is 14.3 Å². The number of Topliss-reactive ketones (excluding diaryl/α,β-unsaturated/α-hetero) is 1. The summed E-state index contributed by atoms with van der Waals surface area (Å²) in [6, 6.07) is 18.2. The van der Waals surface area contributed by atoms with Crippen molar-refractivity contribution in [2.24, 2.45) is 5.41 Å². The highest BCUT2D eigenvalue weighted by molar-refractivity contribution is 6.13. The Morgan fingerprint density at radius 1 is 0.968 bits per heavy atom. The van der Waals surface area contributed by atoms with Crippen LogP contribution in [-0.2, 0) is 4.79 Å². The molecule has 1 unspecified atom stereocenters. The summed E-state index contributed by atoms with van der Waals surface area (Å²) in [5, 5.41) is 6.05. The number of rotatable bonds is 3. The minimum absolute atomic E-state index is 0.0734. The molecule has 1 heterocycles. The second kappa shape index (κ2) is 7.16. The molecule has 158 valence electrons. The van der Waals surface area contributed by atoms with Crippen LogP contribution in [-0.4, -0.2) is 20.0 Å². The third-order valence-electron chi connectivity index (χ3n) is 6.49. The molecule has 2 aliphatic rings. The molecule has 0 fully saturated rings. The van der Waals surface area contributed by atoms with E-state index in [9.17, 15) is 4.79 Å². The fraction of sp³-hybridized carbons (Fsp3) is 0.296. The molecule has 0 radical (unpaired) electrons. The number of nitrogens with one attached hydrogen (secondary N) is 1. The van der Waals surface area contributed by atoms with Gasteiger partial charge in [0.25, 0.3) is 0 Å². The summed E-state index contributed by atoms with van der Waals surface area (Å²) in [7, 11) is 3.30. The smallest absolute Gasteiger partial charge is 0.162 e. The second-order valence-corrected chi connectivity index (χ2v) is 9.23. The van der Waals surface area contributed by atoms with Gasteiger partial charge in [-0.05, 0) is 46.4 Å². The summed E-state index contributed by atoms with van der Waals surface area (Å²) in [6.45, 7) is 4.37. The maximum Gasteiger partial charge on any atom is 0.162 e. The molecule has 0 amide bonds. The summed E-state index contributed by atoms with van der Waals surface area (Å²) in [4.78, 5) is 13.5. The van der Waals surface area contributed by atoms with Crippen LogP contribution in [0.3, 0.4) is 0 Å². The van der Waals surface area contributed by atoms with E-state index in [0.717, 1.165) is 40.1 Å². The normalized spacial score (nSPS) is 19.5. The highest BCUT2D eigenvalue weighted by Gasteiger charge is 2.41. The zero-order valence-electron chi connectivity index (χ0n) is 18.4. The van der Waals surface area contributed by atoms with E-state index in [1.807, 2.05) is 18.2 Å². The van der Waals surface area contributed by atoms with Gasteiger partial charge in [0, 0.05) is 34.9 Å². The van der Waals surface area contributed by atoms with Gasteiger partial charge in [-0.15, -0.1) is 0 Å². The number of ketones is 1. The molecule has 5 rings (SSSR count). The second-order valence-electron chi connectivity index (χ2n) is 9.23. The van der Waals surface area contributed by atoms with E-state index in [1.165, 1.54) is 10.8 Å². The first-order valence-electron chi connectivity index (χ1n) is 10.7. The van der Waals surface area contributed by atoms with Gasteiger partial charge in [-0.25, -0.2) is 0 Å². The van der Waals surface area contributed by atoms with Crippen LogP contribution in [0.1, 0.15) is 43.9 Å². The van der Waals surface area contributed by atoms with E-state index in [1.54, 1.807) is 14.2 Å². The molecule has 3 aromatic carbocycles. The van der Waals surface area contributed by atoms with Crippen molar-refractivity contribution in [2.75, 3.05) is 19.5 Å². The monoisotopic (exact) mass is 413 g/mol.